The Morgan fingerprint density at radius 2 is 1.80 bits per heavy atom. The van der Waals surface area contributed by atoms with Gasteiger partial charge in [-0.25, -0.2) is 22.4 Å². The van der Waals surface area contributed by atoms with E-state index >= 15 is 0 Å². The Balaban J connectivity index is 1.94. The number of hydrogen-bond acceptors (Lipinski definition) is 5. The standard InChI is InChI=1S/C21H28ClN3O3SSi/c1-21(2,3)30(4,5)28-12-11-17-13-25(20-18(17)19(22)23-15-24-20)29(26,27)14-16-9-7-6-8-10-16/h6-10,13,15H,11-12,14H2,1-5H3. The molecule has 9 heteroatoms. The maximum absolute atomic E-state index is 13.1. The number of fused-ring (bicyclic) bond motifs is 1. The molecule has 0 aliphatic rings. The van der Waals surface area contributed by atoms with Crippen LogP contribution in [0.5, 0.6) is 0 Å². The molecule has 2 aromatic heterocycles. The third kappa shape index (κ3) is 4.77. The molecule has 0 amide bonds. The molecular weight excluding hydrogens is 438 g/mol. The zero-order valence-corrected chi connectivity index (χ0v) is 20.6. The first-order chi connectivity index (χ1) is 13.9. The molecule has 0 bridgehead atoms. The van der Waals surface area contributed by atoms with E-state index in [4.69, 9.17) is 16.0 Å². The topological polar surface area (TPSA) is 74.1 Å². The number of nitrogens with zero attached hydrogens (tertiary/aromatic N) is 3. The van der Waals surface area contributed by atoms with Crippen LogP contribution in [-0.2, 0) is 26.6 Å². The molecule has 0 aliphatic heterocycles. The molecule has 0 unspecified atom stereocenters. The normalized spacial score (nSPS) is 13.1. The highest BCUT2D eigenvalue weighted by Gasteiger charge is 2.37. The van der Waals surface area contributed by atoms with Gasteiger partial charge in [-0.3, -0.25) is 0 Å². The Morgan fingerprint density at radius 3 is 2.43 bits per heavy atom. The summed E-state index contributed by atoms with van der Waals surface area (Å²) in [5.74, 6) is -0.126. The first-order valence-electron chi connectivity index (χ1n) is 9.84. The van der Waals surface area contributed by atoms with Crippen molar-refractivity contribution in [3.8, 4) is 0 Å². The van der Waals surface area contributed by atoms with Gasteiger partial charge in [-0.2, -0.15) is 0 Å². The monoisotopic (exact) mass is 465 g/mol. The van der Waals surface area contributed by atoms with Gasteiger partial charge in [-0.05, 0) is 35.7 Å². The molecule has 3 aromatic rings. The third-order valence-electron chi connectivity index (χ3n) is 5.72. The zero-order valence-electron chi connectivity index (χ0n) is 18.0. The van der Waals surface area contributed by atoms with E-state index in [-0.39, 0.29) is 15.9 Å². The van der Waals surface area contributed by atoms with Gasteiger partial charge in [0.25, 0.3) is 0 Å². The summed E-state index contributed by atoms with van der Waals surface area (Å²) >= 11 is 6.34. The average molecular weight is 466 g/mol. The Bertz CT molecular complexity index is 1140. The molecule has 0 atom stereocenters. The molecule has 0 saturated carbocycles. The first kappa shape index (κ1) is 22.9. The minimum Gasteiger partial charge on any atom is -0.416 e. The van der Waals surface area contributed by atoms with Crippen molar-refractivity contribution < 1.29 is 12.8 Å². The Morgan fingerprint density at radius 1 is 1.13 bits per heavy atom. The molecule has 0 saturated heterocycles. The summed E-state index contributed by atoms with van der Waals surface area (Å²) in [4.78, 5) is 8.28. The summed E-state index contributed by atoms with van der Waals surface area (Å²) < 4.78 is 33.8. The van der Waals surface area contributed by atoms with Gasteiger partial charge in [0.05, 0.1) is 11.1 Å². The summed E-state index contributed by atoms with van der Waals surface area (Å²) in [6.45, 7) is 11.4. The molecule has 0 fully saturated rings. The van der Waals surface area contributed by atoms with E-state index in [0.717, 1.165) is 5.56 Å². The second-order valence-corrected chi connectivity index (χ2v) is 15.9. The van der Waals surface area contributed by atoms with Crippen molar-refractivity contribution in [2.75, 3.05) is 6.61 Å². The zero-order chi connectivity index (χ0) is 22.2. The van der Waals surface area contributed by atoms with E-state index < -0.39 is 18.3 Å². The van der Waals surface area contributed by atoms with Gasteiger partial charge in [0.1, 0.15) is 11.5 Å². The highest BCUT2D eigenvalue weighted by molar-refractivity contribution is 7.89. The predicted octanol–water partition coefficient (Wildman–Crippen LogP) is 5.03. The highest BCUT2D eigenvalue weighted by Crippen LogP contribution is 2.37. The fourth-order valence-electron chi connectivity index (χ4n) is 2.95. The van der Waals surface area contributed by atoms with Crippen molar-refractivity contribution in [2.24, 2.45) is 0 Å². The van der Waals surface area contributed by atoms with Crippen molar-refractivity contribution in [3.05, 3.63) is 59.1 Å². The van der Waals surface area contributed by atoms with Crippen LogP contribution >= 0.6 is 11.6 Å². The largest absolute Gasteiger partial charge is 0.416 e. The molecule has 2 heterocycles. The van der Waals surface area contributed by atoms with Crippen LogP contribution in [0.25, 0.3) is 11.0 Å². The second-order valence-electron chi connectivity index (χ2n) is 8.91. The van der Waals surface area contributed by atoms with Crippen LogP contribution in [0.1, 0.15) is 31.9 Å². The van der Waals surface area contributed by atoms with E-state index in [1.54, 1.807) is 18.3 Å². The maximum atomic E-state index is 13.1. The van der Waals surface area contributed by atoms with Crippen LogP contribution < -0.4 is 0 Å². The molecule has 3 rings (SSSR count). The summed E-state index contributed by atoms with van der Waals surface area (Å²) in [5, 5.41) is 0.909. The summed E-state index contributed by atoms with van der Waals surface area (Å²) in [6, 6.07) is 9.08. The Labute approximate surface area is 184 Å². The lowest BCUT2D eigenvalue weighted by atomic mass is 10.2. The SMILES string of the molecule is CC(C)(C)[Si](C)(C)OCCc1cn(S(=O)(=O)Cc2ccccc2)c2ncnc(Cl)c12. The van der Waals surface area contributed by atoms with Crippen molar-refractivity contribution >= 4 is 41.0 Å². The van der Waals surface area contributed by atoms with Crippen molar-refractivity contribution in [3.63, 3.8) is 0 Å². The summed E-state index contributed by atoms with van der Waals surface area (Å²) in [7, 11) is -5.59. The van der Waals surface area contributed by atoms with E-state index in [9.17, 15) is 8.42 Å². The van der Waals surface area contributed by atoms with E-state index in [1.807, 2.05) is 18.2 Å². The molecular formula is C21H28ClN3O3SSi. The summed E-state index contributed by atoms with van der Waals surface area (Å²) in [6.07, 6.45) is 3.43. The van der Waals surface area contributed by atoms with Gasteiger partial charge in [0.15, 0.2) is 14.0 Å². The lowest BCUT2D eigenvalue weighted by Gasteiger charge is -2.36. The molecule has 0 spiro atoms. The van der Waals surface area contributed by atoms with Crippen molar-refractivity contribution in [1.29, 1.82) is 0 Å². The van der Waals surface area contributed by atoms with Crippen molar-refractivity contribution in [2.45, 2.75) is 51.1 Å². The van der Waals surface area contributed by atoms with Crippen LogP contribution in [0.4, 0.5) is 0 Å². The minimum atomic E-state index is -3.68. The lowest BCUT2D eigenvalue weighted by Crippen LogP contribution is -2.41. The van der Waals surface area contributed by atoms with Gasteiger partial charge >= 0.3 is 0 Å². The molecule has 0 radical (unpaired) electrons. The quantitative estimate of drug-likeness (QED) is 0.361. The number of halogens is 1. The van der Waals surface area contributed by atoms with Crippen LogP contribution in [-0.4, -0.2) is 37.3 Å². The van der Waals surface area contributed by atoms with Gasteiger partial charge < -0.3 is 4.43 Å². The molecule has 0 aliphatic carbocycles. The van der Waals surface area contributed by atoms with Gasteiger partial charge in [0.2, 0.25) is 10.0 Å². The molecule has 6 nitrogen and oxygen atoms in total. The van der Waals surface area contributed by atoms with E-state index in [2.05, 4.69) is 43.8 Å². The number of aromatic nitrogens is 3. The molecule has 30 heavy (non-hydrogen) atoms. The van der Waals surface area contributed by atoms with Gasteiger partial charge in [-0.1, -0.05) is 62.7 Å². The number of hydrogen-bond donors (Lipinski definition) is 0. The van der Waals surface area contributed by atoms with Crippen LogP contribution in [0.15, 0.2) is 42.9 Å². The second kappa shape index (κ2) is 8.41. The van der Waals surface area contributed by atoms with E-state index in [1.165, 1.54) is 10.3 Å². The Kier molecular flexibility index (Phi) is 6.43. The average Bonchev–Trinajstić information content (AvgIpc) is 3.02. The highest BCUT2D eigenvalue weighted by atomic mass is 35.5. The molecule has 0 N–H and O–H groups in total. The summed E-state index contributed by atoms with van der Waals surface area (Å²) in [5.41, 5.74) is 1.78. The first-order valence-corrected chi connectivity index (χ1v) is 14.7. The number of benzene rings is 1. The fraction of sp³-hybridized carbons (Fsp3) is 0.429. The van der Waals surface area contributed by atoms with Crippen LogP contribution in [0.2, 0.25) is 23.3 Å². The van der Waals surface area contributed by atoms with Gasteiger partial charge in [0, 0.05) is 12.8 Å². The van der Waals surface area contributed by atoms with Crippen molar-refractivity contribution in [1.82, 2.24) is 13.9 Å². The molecule has 162 valence electrons. The third-order valence-corrected chi connectivity index (χ3v) is 12.1. The maximum Gasteiger partial charge on any atom is 0.244 e. The minimum absolute atomic E-state index is 0.0980. The smallest absolute Gasteiger partial charge is 0.244 e. The van der Waals surface area contributed by atoms with Gasteiger partial charge in [-0.15, -0.1) is 0 Å². The number of rotatable bonds is 7. The fourth-order valence-corrected chi connectivity index (χ4v) is 5.69. The van der Waals surface area contributed by atoms with Crippen LogP contribution in [0, 0.1) is 0 Å². The Hall–Kier alpha value is -1.74. The predicted molar refractivity (Wildman–Crippen MR) is 124 cm³/mol. The van der Waals surface area contributed by atoms with Crippen LogP contribution in [0.3, 0.4) is 0 Å². The lowest BCUT2D eigenvalue weighted by molar-refractivity contribution is 0.292. The van der Waals surface area contributed by atoms with E-state index in [0.29, 0.717) is 29.6 Å². The molecule has 1 aromatic carbocycles.